The first-order chi connectivity index (χ1) is 9.88. The van der Waals surface area contributed by atoms with Crippen LogP contribution in [0.3, 0.4) is 0 Å². The molecule has 1 aliphatic heterocycles. The zero-order chi connectivity index (χ0) is 15.5. The van der Waals surface area contributed by atoms with Gasteiger partial charge < -0.3 is 10.1 Å². The van der Waals surface area contributed by atoms with E-state index in [0.717, 1.165) is 6.42 Å². The summed E-state index contributed by atoms with van der Waals surface area (Å²) in [6, 6.07) is 8.66. The number of piperidine rings is 1. The standard InChI is InChI=1S/C16H22N2O3/c1-16(2,3)21-15(20)18(12-8-5-4-6-9-12)13-10-7-11-17-14(13)19/h4-6,8-9,13H,7,10-11H2,1-3H3,(H,17,19)/t13-/m0/s1. The monoisotopic (exact) mass is 290 g/mol. The molecule has 1 atom stereocenters. The van der Waals surface area contributed by atoms with Crippen LogP contribution in [0.15, 0.2) is 30.3 Å². The summed E-state index contributed by atoms with van der Waals surface area (Å²) in [5.74, 6) is -0.129. The van der Waals surface area contributed by atoms with Crippen molar-refractivity contribution in [1.82, 2.24) is 5.32 Å². The van der Waals surface area contributed by atoms with Gasteiger partial charge in [-0.25, -0.2) is 4.79 Å². The number of anilines is 1. The number of rotatable bonds is 2. The van der Waals surface area contributed by atoms with Crippen LogP contribution in [0.1, 0.15) is 33.6 Å². The van der Waals surface area contributed by atoms with E-state index in [1.807, 2.05) is 51.1 Å². The van der Waals surface area contributed by atoms with Gasteiger partial charge >= 0.3 is 6.09 Å². The highest BCUT2D eigenvalue weighted by Gasteiger charge is 2.35. The van der Waals surface area contributed by atoms with E-state index in [9.17, 15) is 9.59 Å². The molecule has 2 rings (SSSR count). The SMILES string of the molecule is CC(C)(C)OC(=O)N(c1ccccc1)[C@H]1CCCNC1=O. The van der Waals surface area contributed by atoms with Crippen LogP contribution in [-0.2, 0) is 9.53 Å². The van der Waals surface area contributed by atoms with Crippen LogP contribution in [0.25, 0.3) is 0 Å². The Hall–Kier alpha value is -2.04. The fourth-order valence-electron chi connectivity index (χ4n) is 2.31. The van der Waals surface area contributed by atoms with E-state index in [-0.39, 0.29) is 5.91 Å². The second-order valence-electron chi connectivity index (χ2n) is 6.13. The molecule has 0 spiro atoms. The average molecular weight is 290 g/mol. The third kappa shape index (κ3) is 3.97. The van der Waals surface area contributed by atoms with Crippen LogP contribution in [0.2, 0.25) is 0 Å². The Kier molecular flexibility index (Phi) is 4.50. The summed E-state index contributed by atoms with van der Waals surface area (Å²) in [6.45, 7) is 6.10. The van der Waals surface area contributed by atoms with Crippen LogP contribution >= 0.6 is 0 Å². The van der Waals surface area contributed by atoms with E-state index < -0.39 is 17.7 Å². The maximum atomic E-state index is 12.5. The van der Waals surface area contributed by atoms with Crippen LogP contribution in [0, 0.1) is 0 Å². The predicted octanol–water partition coefficient (Wildman–Crippen LogP) is 2.71. The van der Waals surface area contributed by atoms with Crippen molar-refractivity contribution in [1.29, 1.82) is 0 Å². The average Bonchev–Trinajstić information content (AvgIpc) is 2.40. The summed E-state index contributed by atoms with van der Waals surface area (Å²) in [5, 5.41) is 2.81. The Balaban J connectivity index is 2.30. The van der Waals surface area contributed by atoms with Crippen molar-refractivity contribution >= 4 is 17.7 Å². The number of para-hydroxylation sites is 1. The van der Waals surface area contributed by atoms with Crippen molar-refractivity contribution in [3.63, 3.8) is 0 Å². The second kappa shape index (κ2) is 6.16. The quantitative estimate of drug-likeness (QED) is 0.911. The molecule has 1 saturated heterocycles. The summed E-state index contributed by atoms with van der Waals surface area (Å²) >= 11 is 0. The molecule has 1 aromatic carbocycles. The molecular weight excluding hydrogens is 268 g/mol. The maximum Gasteiger partial charge on any atom is 0.415 e. The lowest BCUT2D eigenvalue weighted by atomic mass is 10.0. The van der Waals surface area contributed by atoms with Crippen molar-refractivity contribution in [2.24, 2.45) is 0 Å². The zero-order valence-electron chi connectivity index (χ0n) is 12.8. The number of ether oxygens (including phenoxy) is 1. The molecule has 21 heavy (non-hydrogen) atoms. The summed E-state index contributed by atoms with van der Waals surface area (Å²) in [6.07, 6.45) is 0.999. The molecule has 114 valence electrons. The Bertz CT molecular complexity index is 508. The third-order valence-electron chi connectivity index (χ3n) is 3.19. The summed E-state index contributed by atoms with van der Waals surface area (Å²) in [5.41, 5.74) is 0.0729. The Morgan fingerprint density at radius 2 is 1.95 bits per heavy atom. The first kappa shape index (κ1) is 15.4. The van der Waals surface area contributed by atoms with Crippen molar-refractivity contribution in [3.05, 3.63) is 30.3 Å². The van der Waals surface area contributed by atoms with E-state index in [1.165, 1.54) is 4.90 Å². The van der Waals surface area contributed by atoms with Gasteiger partial charge in [0.1, 0.15) is 11.6 Å². The first-order valence-corrected chi connectivity index (χ1v) is 7.23. The Morgan fingerprint density at radius 3 is 2.52 bits per heavy atom. The van der Waals surface area contributed by atoms with Crippen molar-refractivity contribution < 1.29 is 14.3 Å². The van der Waals surface area contributed by atoms with Gasteiger partial charge in [-0.15, -0.1) is 0 Å². The fourth-order valence-corrected chi connectivity index (χ4v) is 2.31. The Morgan fingerprint density at radius 1 is 1.29 bits per heavy atom. The molecule has 1 aliphatic rings. The number of carbonyl (C=O) groups is 2. The zero-order valence-corrected chi connectivity index (χ0v) is 12.8. The topological polar surface area (TPSA) is 58.6 Å². The molecule has 0 aromatic heterocycles. The number of nitrogens with zero attached hydrogens (tertiary/aromatic N) is 1. The molecule has 1 fully saturated rings. The summed E-state index contributed by atoms with van der Waals surface area (Å²) in [4.78, 5) is 26.1. The van der Waals surface area contributed by atoms with Gasteiger partial charge in [0.15, 0.2) is 0 Å². The third-order valence-corrected chi connectivity index (χ3v) is 3.19. The summed E-state index contributed by atoms with van der Waals surface area (Å²) < 4.78 is 5.46. The van der Waals surface area contributed by atoms with Gasteiger partial charge in [-0.1, -0.05) is 18.2 Å². The van der Waals surface area contributed by atoms with Crippen molar-refractivity contribution in [2.45, 2.75) is 45.3 Å². The Labute approximate surface area is 125 Å². The molecular formula is C16H22N2O3. The number of carbonyl (C=O) groups excluding carboxylic acids is 2. The fraction of sp³-hybridized carbons (Fsp3) is 0.500. The molecule has 2 amide bonds. The van der Waals surface area contributed by atoms with Crippen LogP contribution in [-0.4, -0.2) is 30.2 Å². The minimum atomic E-state index is -0.602. The molecule has 1 N–H and O–H groups in total. The first-order valence-electron chi connectivity index (χ1n) is 7.23. The van der Waals surface area contributed by atoms with E-state index >= 15 is 0 Å². The van der Waals surface area contributed by atoms with Crippen LogP contribution < -0.4 is 10.2 Å². The number of nitrogens with one attached hydrogen (secondary N) is 1. The number of hydrogen-bond donors (Lipinski definition) is 1. The largest absolute Gasteiger partial charge is 0.443 e. The molecule has 0 bridgehead atoms. The predicted molar refractivity (Wildman–Crippen MR) is 81.2 cm³/mol. The molecule has 0 saturated carbocycles. The normalized spacial score (nSPS) is 18.8. The number of amides is 2. The van der Waals surface area contributed by atoms with Gasteiger partial charge in [0.2, 0.25) is 5.91 Å². The van der Waals surface area contributed by atoms with E-state index in [0.29, 0.717) is 18.7 Å². The lowest BCUT2D eigenvalue weighted by Crippen LogP contribution is -2.54. The van der Waals surface area contributed by atoms with E-state index in [4.69, 9.17) is 4.74 Å². The van der Waals surface area contributed by atoms with Crippen LogP contribution in [0.4, 0.5) is 10.5 Å². The van der Waals surface area contributed by atoms with E-state index in [1.54, 1.807) is 0 Å². The number of hydrogen-bond acceptors (Lipinski definition) is 3. The van der Waals surface area contributed by atoms with Crippen molar-refractivity contribution in [3.8, 4) is 0 Å². The van der Waals surface area contributed by atoms with Gasteiger partial charge in [-0.2, -0.15) is 0 Å². The minimum Gasteiger partial charge on any atom is -0.443 e. The second-order valence-corrected chi connectivity index (χ2v) is 6.13. The van der Waals surface area contributed by atoms with E-state index in [2.05, 4.69) is 5.32 Å². The van der Waals surface area contributed by atoms with Gasteiger partial charge in [-0.05, 0) is 45.7 Å². The van der Waals surface area contributed by atoms with Crippen molar-refractivity contribution in [2.75, 3.05) is 11.4 Å². The van der Waals surface area contributed by atoms with Crippen LogP contribution in [0.5, 0.6) is 0 Å². The molecule has 0 aliphatic carbocycles. The molecule has 5 heteroatoms. The highest BCUT2D eigenvalue weighted by molar-refractivity contribution is 5.97. The molecule has 0 unspecified atom stereocenters. The highest BCUT2D eigenvalue weighted by Crippen LogP contribution is 2.24. The lowest BCUT2D eigenvalue weighted by molar-refractivity contribution is -0.123. The molecule has 1 aromatic rings. The van der Waals surface area contributed by atoms with Gasteiger partial charge in [0.05, 0.1) is 0 Å². The van der Waals surface area contributed by atoms with Gasteiger partial charge in [-0.3, -0.25) is 9.69 Å². The van der Waals surface area contributed by atoms with Gasteiger partial charge in [0, 0.05) is 12.2 Å². The molecule has 0 radical (unpaired) electrons. The highest BCUT2D eigenvalue weighted by atomic mass is 16.6. The smallest absolute Gasteiger partial charge is 0.415 e. The lowest BCUT2D eigenvalue weighted by Gasteiger charge is -2.34. The molecule has 1 heterocycles. The number of benzene rings is 1. The van der Waals surface area contributed by atoms with Gasteiger partial charge in [0.25, 0.3) is 0 Å². The minimum absolute atomic E-state index is 0.129. The summed E-state index contributed by atoms with van der Waals surface area (Å²) in [7, 11) is 0. The maximum absolute atomic E-state index is 12.5. The molecule has 5 nitrogen and oxygen atoms in total.